The molecule has 3 rings (SSSR count). The molecule has 1 N–H and O–H groups in total. The fourth-order valence-corrected chi connectivity index (χ4v) is 3.52. The quantitative estimate of drug-likeness (QED) is 0.884. The van der Waals surface area contributed by atoms with Crippen molar-refractivity contribution >= 4 is 11.7 Å². The standard InChI is InChI=1S/C17H24N6O/c1-13(17(24)21-14-4-2-3-5-14)22-8-10-23(11-9-22)16-15(12-18)19-6-7-20-16/h6-7,13-14H,2-5,8-11H2,1H3,(H,21,24)/t13-/m0/s1. The number of nitrogens with zero attached hydrogens (tertiary/aromatic N) is 5. The molecule has 128 valence electrons. The molecule has 0 spiro atoms. The number of nitriles is 1. The van der Waals surface area contributed by atoms with E-state index in [2.05, 4.69) is 31.2 Å². The Morgan fingerprint density at radius 2 is 1.92 bits per heavy atom. The number of rotatable bonds is 4. The van der Waals surface area contributed by atoms with E-state index >= 15 is 0 Å². The molecular formula is C17H24N6O. The summed E-state index contributed by atoms with van der Waals surface area (Å²) < 4.78 is 0. The van der Waals surface area contributed by atoms with Crippen LogP contribution in [0.4, 0.5) is 5.82 Å². The zero-order valence-corrected chi connectivity index (χ0v) is 14.1. The van der Waals surface area contributed by atoms with Crippen LogP contribution in [0.5, 0.6) is 0 Å². The van der Waals surface area contributed by atoms with Crippen molar-refractivity contribution in [3.8, 4) is 6.07 Å². The third kappa shape index (κ3) is 3.65. The molecule has 1 aliphatic heterocycles. The number of piperazine rings is 1. The van der Waals surface area contributed by atoms with Gasteiger partial charge in [0.25, 0.3) is 0 Å². The van der Waals surface area contributed by atoms with Crippen molar-refractivity contribution in [3.63, 3.8) is 0 Å². The van der Waals surface area contributed by atoms with Gasteiger partial charge in [0.05, 0.1) is 6.04 Å². The summed E-state index contributed by atoms with van der Waals surface area (Å²) in [6.45, 7) is 5.02. The van der Waals surface area contributed by atoms with E-state index in [0.717, 1.165) is 39.0 Å². The Morgan fingerprint density at radius 3 is 2.58 bits per heavy atom. The summed E-state index contributed by atoms with van der Waals surface area (Å²) >= 11 is 0. The molecule has 1 aromatic heterocycles. The Balaban J connectivity index is 1.54. The van der Waals surface area contributed by atoms with Gasteiger partial charge in [-0.2, -0.15) is 5.26 Å². The number of amides is 1. The minimum absolute atomic E-state index is 0.120. The molecule has 2 aliphatic rings. The van der Waals surface area contributed by atoms with Gasteiger partial charge in [0, 0.05) is 44.6 Å². The third-order valence-corrected chi connectivity index (χ3v) is 5.03. The Labute approximate surface area is 142 Å². The van der Waals surface area contributed by atoms with Gasteiger partial charge in [-0.25, -0.2) is 9.97 Å². The lowest BCUT2D eigenvalue weighted by molar-refractivity contribution is -0.126. The number of nitrogens with one attached hydrogen (secondary N) is 1. The Kier molecular flexibility index (Phi) is 5.26. The van der Waals surface area contributed by atoms with Crippen molar-refractivity contribution in [1.82, 2.24) is 20.2 Å². The smallest absolute Gasteiger partial charge is 0.237 e. The van der Waals surface area contributed by atoms with Crippen LogP contribution in [0.15, 0.2) is 12.4 Å². The van der Waals surface area contributed by atoms with Gasteiger partial charge in [-0.1, -0.05) is 12.8 Å². The molecule has 7 heteroatoms. The van der Waals surface area contributed by atoms with E-state index in [0.29, 0.717) is 17.6 Å². The zero-order chi connectivity index (χ0) is 16.9. The van der Waals surface area contributed by atoms with Crippen molar-refractivity contribution in [2.75, 3.05) is 31.1 Å². The molecule has 1 atom stereocenters. The highest BCUT2D eigenvalue weighted by atomic mass is 16.2. The zero-order valence-electron chi connectivity index (χ0n) is 14.1. The number of aromatic nitrogens is 2. The maximum Gasteiger partial charge on any atom is 0.237 e. The summed E-state index contributed by atoms with van der Waals surface area (Å²) in [5.41, 5.74) is 0.359. The average Bonchev–Trinajstić information content (AvgIpc) is 3.14. The van der Waals surface area contributed by atoms with Crippen molar-refractivity contribution < 1.29 is 4.79 Å². The molecule has 1 saturated heterocycles. The van der Waals surface area contributed by atoms with Crippen LogP contribution in [0, 0.1) is 11.3 Å². The van der Waals surface area contributed by atoms with Crippen LogP contribution < -0.4 is 10.2 Å². The monoisotopic (exact) mass is 328 g/mol. The largest absolute Gasteiger partial charge is 0.352 e. The van der Waals surface area contributed by atoms with Crippen LogP contribution in [0.3, 0.4) is 0 Å². The molecule has 0 bridgehead atoms. The molecule has 1 saturated carbocycles. The lowest BCUT2D eigenvalue weighted by Gasteiger charge is -2.38. The topological polar surface area (TPSA) is 85.2 Å². The van der Waals surface area contributed by atoms with Gasteiger partial charge in [-0.15, -0.1) is 0 Å². The lowest BCUT2D eigenvalue weighted by atomic mass is 10.2. The molecule has 7 nitrogen and oxygen atoms in total. The fraction of sp³-hybridized carbons (Fsp3) is 0.647. The molecule has 0 unspecified atom stereocenters. The summed E-state index contributed by atoms with van der Waals surface area (Å²) in [4.78, 5) is 25.0. The fourth-order valence-electron chi connectivity index (χ4n) is 3.52. The van der Waals surface area contributed by atoms with E-state index < -0.39 is 0 Å². The van der Waals surface area contributed by atoms with Crippen LogP contribution >= 0.6 is 0 Å². The van der Waals surface area contributed by atoms with Crippen LogP contribution in [0.2, 0.25) is 0 Å². The molecule has 2 fully saturated rings. The van der Waals surface area contributed by atoms with Crippen LogP contribution in [-0.2, 0) is 4.79 Å². The first-order chi connectivity index (χ1) is 11.7. The van der Waals surface area contributed by atoms with Gasteiger partial charge in [-0.05, 0) is 19.8 Å². The second-order valence-corrected chi connectivity index (χ2v) is 6.53. The summed E-state index contributed by atoms with van der Waals surface area (Å²) in [5.74, 6) is 0.773. The van der Waals surface area contributed by atoms with Gasteiger partial charge in [0.15, 0.2) is 11.5 Å². The van der Waals surface area contributed by atoms with Crippen LogP contribution in [0.25, 0.3) is 0 Å². The molecule has 2 heterocycles. The molecule has 1 aromatic rings. The summed E-state index contributed by atoms with van der Waals surface area (Å²) in [5, 5.41) is 12.3. The first kappa shape index (κ1) is 16.7. The predicted molar refractivity (Wildman–Crippen MR) is 90.4 cm³/mol. The lowest BCUT2D eigenvalue weighted by Crippen LogP contribution is -2.55. The first-order valence-corrected chi connectivity index (χ1v) is 8.69. The Bertz CT molecular complexity index is 614. The number of carbonyl (C=O) groups excluding carboxylic acids is 1. The van der Waals surface area contributed by atoms with Gasteiger partial charge in [0.1, 0.15) is 6.07 Å². The highest BCUT2D eigenvalue weighted by molar-refractivity contribution is 5.81. The van der Waals surface area contributed by atoms with Crippen molar-refractivity contribution in [2.45, 2.75) is 44.7 Å². The molecule has 0 aromatic carbocycles. The van der Waals surface area contributed by atoms with Gasteiger partial charge < -0.3 is 10.2 Å². The molecule has 24 heavy (non-hydrogen) atoms. The number of hydrogen-bond acceptors (Lipinski definition) is 6. The summed E-state index contributed by atoms with van der Waals surface area (Å²) in [7, 11) is 0. The van der Waals surface area contributed by atoms with Gasteiger partial charge in [0.2, 0.25) is 5.91 Å². The maximum atomic E-state index is 12.4. The highest BCUT2D eigenvalue weighted by Crippen LogP contribution is 2.19. The minimum atomic E-state index is -0.120. The Morgan fingerprint density at radius 1 is 1.25 bits per heavy atom. The van der Waals surface area contributed by atoms with Crippen molar-refractivity contribution in [1.29, 1.82) is 5.26 Å². The first-order valence-electron chi connectivity index (χ1n) is 8.69. The van der Waals surface area contributed by atoms with Crippen molar-refractivity contribution in [3.05, 3.63) is 18.1 Å². The van der Waals surface area contributed by atoms with E-state index in [1.807, 2.05) is 6.92 Å². The van der Waals surface area contributed by atoms with Gasteiger partial charge in [-0.3, -0.25) is 9.69 Å². The summed E-state index contributed by atoms with van der Waals surface area (Å²) in [6.07, 6.45) is 7.80. The van der Waals surface area contributed by atoms with Crippen molar-refractivity contribution in [2.24, 2.45) is 0 Å². The second-order valence-electron chi connectivity index (χ2n) is 6.53. The molecule has 1 aliphatic carbocycles. The third-order valence-electron chi connectivity index (χ3n) is 5.03. The minimum Gasteiger partial charge on any atom is -0.352 e. The van der Waals surface area contributed by atoms with Crippen LogP contribution in [0.1, 0.15) is 38.3 Å². The summed E-state index contributed by atoms with van der Waals surface area (Å²) in [6, 6.07) is 2.33. The Hall–Kier alpha value is -2.20. The number of anilines is 1. The molecule has 1 amide bonds. The van der Waals surface area contributed by atoms with E-state index in [1.54, 1.807) is 6.20 Å². The molecular weight excluding hydrogens is 304 g/mol. The predicted octanol–water partition coefficient (Wildman–Crippen LogP) is 0.918. The number of carbonyl (C=O) groups is 1. The number of hydrogen-bond donors (Lipinski definition) is 1. The van der Waals surface area contributed by atoms with E-state index in [9.17, 15) is 4.79 Å². The maximum absolute atomic E-state index is 12.4. The highest BCUT2D eigenvalue weighted by Gasteiger charge is 2.28. The SMILES string of the molecule is C[C@@H](C(=O)NC1CCCC1)N1CCN(c2nccnc2C#N)CC1. The second kappa shape index (κ2) is 7.58. The van der Waals surface area contributed by atoms with Gasteiger partial charge >= 0.3 is 0 Å². The average molecular weight is 328 g/mol. The van der Waals surface area contributed by atoms with E-state index in [-0.39, 0.29) is 11.9 Å². The van der Waals surface area contributed by atoms with E-state index in [4.69, 9.17) is 5.26 Å². The molecule has 0 radical (unpaired) electrons. The van der Waals surface area contributed by atoms with Crippen LogP contribution in [-0.4, -0.2) is 59.0 Å². The van der Waals surface area contributed by atoms with E-state index in [1.165, 1.54) is 19.0 Å². The normalized spacial score (nSPS) is 20.6.